The first kappa shape index (κ1) is 16.3. The van der Waals surface area contributed by atoms with Crippen LogP contribution in [0.25, 0.3) is 0 Å². The highest BCUT2D eigenvalue weighted by molar-refractivity contribution is 6.07. The lowest BCUT2D eigenvalue weighted by atomic mass is 10.1. The van der Waals surface area contributed by atoms with Crippen molar-refractivity contribution in [2.75, 3.05) is 31.9 Å². The Morgan fingerprint density at radius 2 is 2.09 bits per heavy atom. The molecule has 1 heterocycles. The lowest BCUT2D eigenvalue weighted by molar-refractivity contribution is 0.102. The summed E-state index contributed by atoms with van der Waals surface area (Å²) in [5.41, 5.74) is 6.37. The molecule has 0 bridgehead atoms. The van der Waals surface area contributed by atoms with Gasteiger partial charge in [-0.05, 0) is 25.1 Å². The van der Waals surface area contributed by atoms with E-state index in [4.69, 9.17) is 19.9 Å². The van der Waals surface area contributed by atoms with Crippen LogP contribution in [-0.4, -0.2) is 36.7 Å². The first-order valence-electron chi connectivity index (χ1n) is 6.87. The second-order valence-corrected chi connectivity index (χ2v) is 4.40. The molecule has 0 saturated carbocycles. The lowest BCUT2D eigenvalue weighted by Crippen LogP contribution is -2.16. The van der Waals surface area contributed by atoms with Crippen LogP contribution in [0.15, 0.2) is 24.4 Å². The summed E-state index contributed by atoms with van der Waals surface area (Å²) in [6.07, 6.45) is 1.37. The third-order valence-electron chi connectivity index (χ3n) is 2.96. The number of ether oxygens (including phenoxy) is 3. The molecule has 0 aliphatic carbocycles. The molecule has 0 saturated heterocycles. The predicted octanol–water partition coefficient (Wildman–Crippen LogP) is 1.73. The van der Waals surface area contributed by atoms with Crippen LogP contribution in [0.2, 0.25) is 0 Å². The van der Waals surface area contributed by atoms with E-state index in [2.05, 4.69) is 15.3 Å². The van der Waals surface area contributed by atoms with Crippen molar-refractivity contribution in [2.45, 2.75) is 6.92 Å². The summed E-state index contributed by atoms with van der Waals surface area (Å²) in [6, 6.07) is 5.09. The molecule has 2 rings (SSSR count). The number of carbonyl (C=O) groups is 1. The largest absolute Gasteiger partial charge is 0.497 e. The summed E-state index contributed by atoms with van der Waals surface area (Å²) in [5, 5.41) is 2.65. The van der Waals surface area contributed by atoms with Crippen LogP contribution in [0.1, 0.15) is 17.3 Å². The zero-order valence-electron chi connectivity index (χ0n) is 13.1. The van der Waals surface area contributed by atoms with Crippen molar-refractivity contribution in [3.63, 3.8) is 0 Å². The van der Waals surface area contributed by atoms with Crippen LogP contribution >= 0.6 is 0 Å². The number of methoxy groups -OCH3 is 2. The Hall–Kier alpha value is -3.03. The van der Waals surface area contributed by atoms with Gasteiger partial charge in [0.1, 0.15) is 17.2 Å². The molecule has 122 valence electrons. The van der Waals surface area contributed by atoms with Gasteiger partial charge in [0, 0.05) is 0 Å². The quantitative estimate of drug-likeness (QED) is 0.834. The summed E-state index contributed by atoms with van der Waals surface area (Å²) in [7, 11) is 2.95. The molecule has 8 heteroatoms. The van der Waals surface area contributed by atoms with Gasteiger partial charge in [-0.2, -0.15) is 4.98 Å². The molecule has 1 aromatic carbocycles. The maximum atomic E-state index is 12.5. The summed E-state index contributed by atoms with van der Waals surface area (Å²) in [4.78, 5) is 20.3. The molecule has 23 heavy (non-hydrogen) atoms. The predicted molar refractivity (Wildman–Crippen MR) is 85.1 cm³/mol. The Kier molecular flexibility index (Phi) is 5.19. The number of carbonyl (C=O) groups excluding carboxylic acids is 1. The molecule has 0 spiro atoms. The normalized spacial score (nSPS) is 10.0. The molecule has 2 aromatic rings. The minimum absolute atomic E-state index is 0.103. The molecule has 0 unspecified atom stereocenters. The first-order chi connectivity index (χ1) is 11.1. The minimum Gasteiger partial charge on any atom is -0.497 e. The van der Waals surface area contributed by atoms with Crippen molar-refractivity contribution in [3.05, 3.63) is 30.0 Å². The summed E-state index contributed by atoms with van der Waals surface area (Å²) in [6.45, 7) is 2.27. The number of nitrogen functional groups attached to an aromatic ring is 1. The number of amides is 1. The molecule has 0 aliphatic rings. The zero-order chi connectivity index (χ0) is 16.8. The highest BCUT2D eigenvalue weighted by Gasteiger charge is 2.16. The average molecular weight is 318 g/mol. The van der Waals surface area contributed by atoms with Gasteiger partial charge in [0.05, 0.1) is 32.6 Å². The Balaban J connectivity index is 2.29. The number of benzene rings is 1. The van der Waals surface area contributed by atoms with Crippen molar-refractivity contribution >= 4 is 17.4 Å². The molecule has 0 radical (unpaired) electrons. The van der Waals surface area contributed by atoms with Gasteiger partial charge in [0.25, 0.3) is 5.91 Å². The molecule has 1 amide bonds. The molecule has 0 atom stereocenters. The van der Waals surface area contributed by atoms with Crippen LogP contribution in [-0.2, 0) is 0 Å². The number of hydrogen-bond acceptors (Lipinski definition) is 7. The second-order valence-electron chi connectivity index (χ2n) is 4.40. The summed E-state index contributed by atoms with van der Waals surface area (Å²) < 4.78 is 15.5. The van der Waals surface area contributed by atoms with Gasteiger partial charge >= 0.3 is 6.01 Å². The topological polar surface area (TPSA) is 109 Å². The average Bonchev–Trinajstić information content (AvgIpc) is 2.57. The monoisotopic (exact) mass is 318 g/mol. The van der Waals surface area contributed by atoms with E-state index in [0.29, 0.717) is 23.7 Å². The number of aromatic nitrogens is 2. The Labute approximate surface area is 133 Å². The Morgan fingerprint density at radius 3 is 2.70 bits per heavy atom. The highest BCUT2D eigenvalue weighted by Crippen LogP contribution is 2.26. The van der Waals surface area contributed by atoms with E-state index in [-0.39, 0.29) is 17.5 Å². The van der Waals surface area contributed by atoms with Crippen LogP contribution in [0, 0.1) is 0 Å². The second kappa shape index (κ2) is 7.30. The molecule has 8 nitrogen and oxygen atoms in total. The minimum atomic E-state index is -0.409. The third kappa shape index (κ3) is 3.79. The number of hydrogen-bond donors (Lipinski definition) is 2. The van der Waals surface area contributed by atoms with Gasteiger partial charge < -0.3 is 25.3 Å². The molecular weight excluding hydrogens is 300 g/mol. The SMILES string of the molecule is CCOc1ccc(OC)cc1C(=O)Nc1cnc(OC)nc1N. The number of nitrogens with one attached hydrogen (secondary N) is 1. The number of anilines is 2. The maximum Gasteiger partial charge on any atom is 0.318 e. The molecule has 0 fully saturated rings. The fourth-order valence-corrected chi connectivity index (χ4v) is 1.86. The van der Waals surface area contributed by atoms with E-state index < -0.39 is 5.91 Å². The Bertz CT molecular complexity index is 706. The van der Waals surface area contributed by atoms with E-state index in [1.54, 1.807) is 18.2 Å². The molecule has 0 aliphatic heterocycles. The number of nitrogens with two attached hydrogens (primary N) is 1. The van der Waals surface area contributed by atoms with Crippen LogP contribution in [0.3, 0.4) is 0 Å². The van der Waals surface area contributed by atoms with Gasteiger partial charge in [-0.15, -0.1) is 0 Å². The Morgan fingerprint density at radius 1 is 1.30 bits per heavy atom. The zero-order valence-corrected chi connectivity index (χ0v) is 13.1. The van der Waals surface area contributed by atoms with Gasteiger partial charge in [-0.25, -0.2) is 4.98 Å². The van der Waals surface area contributed by atoms with Crippen molar-refractivity contribution in [1.29, 1.82) is 0 Å². The number of rotatable bonds is 6. The highest BCUT2D eigenvalue weighted by atomic mass is 16.5. The van der Waals surface area contributed by atoms with Gasteiger partial charge in [-0.3, -0.25) is 4.79 Å². The molecule has 1 aromatic heterocycles. The van der Waals surface area contributed by atoms with Crippen LogP contribution < -0.4 is 25.3 Å². The molecule has 3 N–H and O–H groups in total. The van der Waals surface area contributed by atoms with Gasteiger partial charge in [0.15, 0.2) is 5.82 Å². The van der Waals surface area contributed by atoms with E-state index in [9.17, 15) is 4.79 Å². The lowest BCUT2D eigenvalue weighted by Gasteiger charge is -2.12. The van der Waals surface area contributed by atoms with E-state index in [1.165, 1.54) is 20.4 Å². The van der Waals surface area contributed by atoms with Crippen molar-refractivity contribution in [1.82, 2.24) is 9.97 Å². The maximum absolute atomic E-state index is 12.5. The van der Waals surface area contributed by atoms with Crippen molar-refractivity contribution < 1.29 is 19.0 Å². The van der Waals surface area contributed by atoms with E-state index >= 15 is 0 Å². The standard InChI is InChI=1S/C15H18N4O4/c1-4-23-12-6-5-9(21-2)7-10(12)14(20)18-11-8-17-15(22-3)19-13(11)16/h5-8H,4H2,1-3H3,(H,18,20)(H2,16,17,19). The van der Waals surface area contributed by atoms with Crippen LogP contribution in [0.4, 0.5) is 11.5 Å². The molecular formula is C15H18N4O4. The van der Waals surface area contributed by atoms with Gasteiger partial charge in [0.2, 0.25) is 0 Å². The fourth-order valence-electron chi connectivity index (χ4n) is 1.86. The number of nitrogens with zero attached hydrogens (tertiary/aromatic N) is 2. The smallest absolute Gasteiger partial charge is 0.318 e. The summed E-state index contributed by atoms with van der Waals surface area (Å²) >= 11 is 0. The third-order valence-corrected chi connectivity index (χ3v) is 2.96. The van der Waals surface area contributed by atoms with Crippen molar-refractivity contribution in [2.24, 2.45) is 0 Å². The van der Waals surface area contributed by atoms with Crippen molar-refractivity contribution in [3.8, 4) is 17.5 Å². The summed E-state index contributed by atoms with van der Waals surface area (Å²) in [5.74, 6) is 0.676. The first-order valence-corrected chi connectivity index (χ1v) is 6.87. The van der Waals surface area contributed by atoms with Gasteiger partial charge in [-0.1, -0.05) is 0 Å². The fraction of sp³-hybridized carbons (Fsp3) is 0.267. The van der Waals surface area contributed by atoms with E-state index in [1.807, 2.05) is 6.92 Å². The van der Waals surface area contributed by atoms with Crippen LogP contribution in [0.5, 0.6) is 17.5 Å². The van der Waals surface area contributed by atoms with E-state index in [0.717, 1.165) is 0 Å².